The van der Waals surface area contributed by atoms with Gasteiger partial charge in [0.1, 0.15) is 0 Å². The van der Waals surface area contributed by atoms with Gasteiger partial charge in [-0.3, -0.25) is 9.69 Å². The van der Waals surface area contributed by atoms with Gasteiger partial charge in [0.2, 0.25) is 5.91 Å². The monoisotopic (exact) mass is 374 g/mol. The summed E-state index contributed by atoms with van der Waals surface area (Å²) in [6, 6.07) is 5.07. The number of benzene rings is 1. The number of anilines is 1. The molecular formula is C20H30N4O3. The molecule has 2 saturated heterocycles. The van der Waals surface area contributed by atoms with Crippen molar-refractivity contribution in [2.45, 2.75) is 38.6 Å². The molecule has 3 amide bonds. The van der Waals surface area contributed by atoms with Crippen molar-refractivity contribution >= 4 is 17.6 Å². The first-order valence-corrected chi connectivity index (χ1v) is 9.74. The lowest BCUT2D eigenvalue weighted by Gasteiger charge is -2.49. The minimum absolute atomic E-state index is 0.122. The van der Waals surface area contributed by atoms with Crippen molar-refractivity contribution in [1.82, 2.24) is 9.80 Å². The van der Waals surface area contributed by atoms with Crippen LogP contribution in [0.3, 0.4) is 0 Å². The zero-order valence-electron chi connectivity index (χ0n) is 16.3. The molecule has 7 nitrogen and oxygen atoms in total. The molecule has 148 valence electrons. The third-order valence-electron chi connectivity index (χ3n) is 5.93. The van der Waals surface area contributed by atoms with Gasteiger partial charge in [0.25, 0.3) is 0 Å². The summed E-state index contributed by atoms with van der Waals surface area (Å²) in [5.41, 5.74) is 7.43. The average molecular weight is 374 g/mol. The van der Waals surface area contributed by atoms with Crippen molar-refractivity contribution in [3.8, 4) is 0 Å². The molecule has 2 fully saturated rings. The molecular weight excluding hydrogens is 344 g/mol. The summed E-state index contributed by atoms with van der Waals surface area (Å²) < 4.78 is 5.49. The molecule has 0 bridgehead atoms. The zero-order valence-corrected chi connectivity index (χ0v) is 16.3. The van der Waals surface area contributed by atoms with Gasteiger partial charge < -0.3 is 20.7 Å². The number of morpholine rings is 1. The first kappa shape index (κ1) is 19.6. The Morgan fingerprint density at radius 1 is 1.15 bits per heavy atom. The predicted octanol–water partition coefficient (Wildman–Crippen LogP) is 2.20. The van der Waals surface area contributed by atoms with Crippen LogP contribution in [0.25, 0.3) is 0 Å². The number of carbonyl (C=O) groups is 2. The number of nitrogens with one attached hydrogen (secondary N) is 1. The minimum Gasteiger partial charge on any atom is -0.379 e. The predicted molar refractivity (Wildman–Crippen MR) is 105 cm³/mol. The van der Waals surface area contributed by atoms with Gasteiger partial charge in [0.05, 0.1) is 13.2 Å². The number of urea groups is 1. The van der Waals surface area contributed by atoms with Crippen molar-refractivity contribution in [3.63, 3.8) is 0 Å². The topological polar surface area (TPSA) is 87.9 Å². The van der Waals surface area contributed by atoms with E-state index in [-0.39, 0.29) is 11.6 Å². The molecule has 1 aromatic carbocycles. The van der Waals surface area contributed by atoms with E-state index >= 15 is 0 Å². The van der Waals surface area contributed by atoms with E-state index in [0.29, 0.717) is 11.3 Å². The quantitative estimate of drug-likeness (QED) is 0.846. The second-order valence-electron chi connectivity index (χ2n) is 7.55. The molecule has 0 aliphatic carbocycles. The van der Waals surface area contributed by atoms with Crippen LogP contribution < -0.4 is 11.1 Å². The van der Waals surface area contributed by atoms with Crippen LogP contribution in [0.1, 0.15) is 42.1 Å². The fourth-order valence-electron chi connectivity index (χ4n) is 4.26. The number of nitrogens with two attached hydrogens (primary N) is 1. The number of amides is 3. The van der Waals surface area contributed by atoms with E-state index < -0.39 is 5.91 Å². The van der Waals surface area contributed by atoms with Crippen LogP contribution >= 0.6 is 0 Å². The third-order valence-corrected chi connectivity index (χ3v) is 5.93. The standard InChI is InChI=1S/C20H30N4O3/c1-3-20(24-8-10-27-11-9-24)4-6-23(7-5-20)19(26)22-17-13-15(2)12-16(14-17)18(21)25/h12-14H,3-11H2,1-2H3,(H2,21,25)(H,22,26). The summed E-state index contributed by atoms with van der Waals surface area (Å²) in [5.74, 6) is -0.495. The van der Waals surface area contributed by atoms with Gasteiger partial charge in [-0.15, -0.1) is 0 Å². The lowest BCUT2D eigenvalue weighted by molar-refractivity contribution is -0.0449. The second kappa shape index (κ2) is 8.27. The number of likely N-dealkylation sites (tertiary alicyclic amines) is 1. The van der Waals surface area contributed by atoms with Crippen LogP contribution in [-0.4, -0.2) is 66.7 Å². The van der Waals surface area contributed by atoms with Gasteiger partial charge in [-0.1, -0.05) is 6.92 Å². The van der Waals surface area contributed by atoms with Crippen molar-refractivity contribution < 1.29 is 14.3 Å². The lowest BCUT2D eigenvalue weighted by Crippen LogP contribution is -2.59. The highest BCUT2D eigenvalue weighted by Gasteiger charge is 2.39. The van der Waals surface area contributed by atoms with E-state index in [9.17, 15) is 9.59 Å². The molecule has 0 unspecified atom stereocenters. The average Bonchev–Trinajstić information content (AvgIpc) is 2.68. The Labute approximate surface area is 160 Å². The number of hydrogen-bond donors (Lipinski definition) is 2. The first-order valence-electron chi connectivity index (χ1n) is 9.74. The Bertz CT molecular complexity index is 692. The van der Waals surface area contributed by atoms with E-state index in [4.69, 9.17) is 10.5 Å². The summed E-state index contributed by atoms with van der Waals surface area (Å²) in [5, 5.41) is 2.92. The van der Waals surface area contributed by atoms with Crippen LogP contribution in [0.15, 0.2) is 18.2 Å². The molecule has 3 rings (SSSR count). The van der Waals surface area contributed by atoms with Crippen LogP contribution in [0, 0.1) is 6.92 Å². The maximum atomic E-state index is 12.7. The van der Waals surface area contributed by atoms with E-state index in [1.54, 1.807) is 12.1 Å². The highest BCUT2D eigenvalue weighted by atomic mass is 16.5. The molecule has 3 N–H and O–H groups in total. The molecule has 7 heteroatoms. The fourth-order valence-corrected chi connectivity index (χ4v) is 4.26. The summed E-state index contributed by atoms with van der Waals surface area (Å²) in [6.45, 7) is 9.10. The number of piperidine rings is 1. The van der Waals surface area contributed by atoms with Crippen molar-refractivity contribution in [1.29, 1.82) is 0 Å². The van der Waals surface area contributed by atoms with Crippen LogP contribution in [-0.2, 0) is 4.74 Å². The Morgan fingerprint density at radius 3 is 2.41 bits per heavy atom. The van der Waals surface area contributed by atoms with Gasteiger partial charge >= 0.3 is 6.03 Å². The number of aryl methyl sites for hydroxylation is 1. The summed E-state index contributed by atoms with van der Waals surface area (Å²) in [6.07, 6.45) is 3.02. The maximum absolute atomic E-state index is 12.7. The zero-order chi connectivity index (χ0) is 19.4. The molecule has 2 aliphatic rings. The van der Waals surface area contributed by atoms with Gasteiger partial charge in [-0.2, -0.15) is 0 Å². The molecule has 0 saturated carbocycles. The number of carbonyl (C=O) groups excluding carboxylic acids is 2. The van der Waals surface area contributed by atoms with Crippen LogP contribution in [0.5, 0.6) is 0 Å². The third kappa shape index (κ3) is 4.42. The Hall–Kier alpha value is -2.12. The minimum atomic E-state index is -0.495. The lowest BCUT2D eigenvalue weighted by atomic mass is 9.83. The van der Waals surface area contributed by atoms with Crippen molar-refractivity contribution in [3.05, 3.63) is 29.3 Å². The van der Waals surface area contributed by atoms with E-state index in [2.05, 4.69) is 17.1 Å². The molecule has 0 radical (unpaired) electrons. The van der Waals surface area contributed by atoms with Gasteiger partial charge in [0, 0.05) is 43.0 Å². The Kier molecular flexibility index (Phi) is 6.01. The highest BCUT2D eigenvalue weighted by Crippen LogP contribution is 2.33. The highest BCUT2D eigenvalue weighted by molar-refractivity contribution is 5.96. The molecule has 0 atom stereocenters. The molecule has 2 aliphatic heterocycles. The largest absolute Gasteiger partial charge is 0.379 e. The van der Waals surface area contributed by atoms with Crippen LogP contribution in [0.2, 0.25) is 0 Å². The van der Waals surface area contributed by atoms with Gasteiger partial charge in [0.15, 0.2) is 0 Å². The molecule has 1 aromatic rings. The normalized spacial score (nSPS) is 20.3. The molecule has 0 aromatic heterocycles. The van der Waals surface area contributed by atoms with Gasteiger partial charge in [-0.25, -0.2) is 4.79 Å². The van der Waals surface area contributed by atoms with Crippen LogP contribution in [0.4, 0.5) is 10.5 Å². The fraction of sp³-hybridized carbons (Fsp3) is 0.600. The van der Waals surface area contributed by atoms with Crippen molar-refractivity contribution in [2.75, 3.05) is 44.7 Å². The summed E-state index contributed by atoms with van der Waals surface area (Å²) >= 11 is 0. The number of primary amides is 1. The summed E-state index contributed by atoms with van der Waals surface area (Å²) in [4.78, 5) is 28.5. The number of nitrogens with zero attached hydrogens (tertiary/aromatic N) is 2. The van der Waals surface area contributed by atoms with Gasteiger partial charge in [-0.05, 0) is 49.9 Å². The Morgan fingerprint density at radius 2 is 1.81 bits per heavy atom. The van der Waals surface area contributed by atoms with E-state index in [1.165, 1.54) is 0 Å². The maximum Gasteiger partial charge on any atom is 0.321 e. The smallest absolute Gasteiger partial charge is 0.321 e. The number of ether oxygens (including phenoxy) is 1. The number of rotatable bonds is 4. The molecule has 27 heavy (non-hydrogen) atoms. The number of hydrogen-bond acceptors (Lipinski definition) is 4. The second-order valence-corrected chi connectivity index (χ2v) is 7.55. The Balaban J connectivity index is 1.62. The molecule has 2 heterocycles. The van der Waals surface area contributed by atoms with E-state index in [1.807, 2.05) is 17.9 Å². The summed E-state index contributed by atoms with van der Waals surface area (Å²) in [7, 11) is 0. The van der Waals surface area contributed by atoms with Crippen molar-refractivity contribution in [2.24, 2.45) is 5.73 Å². The SMILES string of the molecule is CCC1(N2CCOCC2)CCN(C(=O)Nc2cc(C)cc(C(N)=O)c2)CC1. The molecule has 0 spiro atoms. The first-order chi connectivity index (χ1) is 12.9. The van der Waals surface area contributed by atoms with E-state index in [0.717, 1.165) is 64.2 Å².